The molecule has 0 aliphatic carbocycles. The van der Waals surface area contributed by atoms with Gasteiger partial charge in [0.05, 0.1) is 22.2 Å². The zero-order valence-corrected chi connectivity index (χ0v) is 21.8. The van der Waals surface area contributed by atoms with E-state index in [9.17, 15) is 0 Å². The Morgan fingerprint density at radius 1 is 0.475 bits per heavy atom. The Morgan fingerprint density at radius 3 is 1.95 bits per heavy atom. The molecule has 8 rings (SSSR count). The number of nitrogens with one attached hydrogen (secondary N) is 1. The summed E-state index contributed by atoms with van der Waals surface area (Å²) in [5, 5.41) is 9.54. The molecule has 8 aromatic rings. The highest BCUT2D eigenvalue weighted by Gasteiger charge is 2.23. The van der Waals surface area contributed by atoms with E-state index < -0.39 is 0 Å². The van der Waals surface area contributed by atoms with E-state index in [-0.39, 0.29) is 0 Å². The van der Waals surface area contributed by atoms with Crippen molar-refractivity contribution in [3.8, 4) is 11.4 Å². The second-order valence-electron chi connectivity index (χ2n) is 10.2. The van der Waals surface area contributed by atoms with Crippen LogP contribution in [-0.2, 0) is 0 Å². The first-order valence-corrected chi connectivity index (χ1v) is 13.5. The van der Waals surface area contributed by atoms with Crippen LogP contribution in [0.1, 0.15) is 0 Å². The fourth-order valence-electron chi connectivity index (χ4n) is 6.06. The molecule has 0 spiro atoms. The number of nitrogen functional groups attached to an aromatic ring is 1. The molecule has 0 saturated heterocycles. The van der Waals surface area contributed by atoms with Crippen molar-refractivity contribution in [1.29, 1.82) is 0 Å². The zero-order valence-electron chi connectivity index (χ0n) is 21.8. The summed E-state index contributed by atoms with van der Waals surface area (Å²) in [4.78, 5) is 0. The molecule has 0 aliphatic rings. The second-order valence-corrected chi connectivity index (χ2v) is 10.2. The summed E-state index contributed by atoms with van der Waals surface area (Å²) < 4.78 is 4.59. The Bertz CT molecular complexity index is 2190. The topological polar surface area (TPSA) is 47.9 Å². The van der Waals surface area contributed by atoms with Gasteiger partial charge in [0, 0.05) is 33.2 Å². The van der Waals surface area contributed by atoms with Crippen LogP contribution in [0.2, 0.25) is 0 Å². The molecular formula is C36H26N4. The number of rotatable bonds is 4. The summed E-state index contributed by atoms with van der Waals surface area (Å²) in [7, 11) is 0. The Kier molecular flexibility index (Phi) is 4.94. The highest BCUT2D eigenvalue weighted by atomic mass is 15.1. The maximum absolute atomic E-state index is 7.04. The average Bonchev–Trinajstić information content (AvgIpc) is 3.49. The van der Waals surface area contributed by atoms with Crippen LogP contribution in [0.15, 0.2) is 140 Å². The molecule has 6 aromatic carbocycles. The van der Waals surface area contributed by atoms with Crippen molar-refractivity contribution in [3.05, 3.63) is 140 Å². The standard InChI is InChI=1S/C36H26N4/c37-36-33(38-26-13-3-1-4-14-26)31-22-21-30-29-17-9-10-18-32(29)39(28-20-19-24-11-7-8-12-25(24)23-28)34(30)35(31)40(36)27-15-5-2-6-16-27/h1-23,38H,37H2. The van der Waals surface area contributed by atoms with E-state index in [0.717, 1.165) is 44.7 Å². The Balaban J connectivity index is 1.54. The highest BCUT2D eigenvalue weighted by molar-refractivity contribution is 6.21. The number of nitrogens with zero attached hydrogens (tertiary/aromatic N) is 2. The number of benzene rings is 6. The Morgan fingerprint density at radius 2 is 1.12 bits per heavy atom. The predicted octanol–water partition coefficient (Wildman–Crippen LogP) is 9.21. The van der Waals surface area contributed by atoms with E-state index in [0.29, 0.717) is 5.82 Å². The maximum Gasteiger partial charge on any atom is 0.133 e. The first-order valence-electron chi connectivity index (χ1n) is 13.5. The number of anilines is 3. The lowest BCUT2D eigenvalue weighted by molar-refractivity contribution is 1.13. The summed E-state index contributed by atoms with van der Waals surface area (Å²) in [6, 6.07) is 48.9. The van der Waals surface area contributed by atoms with Crippen molar-refractivity contribution in [1.82, 2.24) is 9.13 Å². The van der Waals surface area contributed by atoms with Gasteiger partial charge < -0.3 is 15.6 Å². The van der Waals surface area contributed by atoms with Gasteiger partial charge >= 0.3 is 0 Å². The minimum atomic E-state index is 0.674. The lowest BCUT2D eigenvalue weighted by Gasteiger charge is -2.13. The molecule has 0 atom stereocenters. The van der Waals surface area contributed by atoms with Crippen molar-refractivity contribution in [3.63, 3.8) is 0 Å². The monoisotopic (exact) mass is 514 g/mol. The molecule has 0 bridgehead atoms. The number of para-hydroxylation sites is 3. The molecule has 40 heavy (non-hydrogen) atoms. The number of nitrogens with two attached hydrogens (primary N) is 1. The van der Waals surface area contributed by atoms with Gasteiger partial charge in [-0.3, -0.25) is 4.57 Å². The van der Waals surface area contributed by atoms with Gasteiger partial charge in [0.25, 0.3) is 0 Å². The van der Waals surface area contributed by atoms with Crippen molar-refractivity contribution >= 4 is 60.7 Å². The van der Waals surface area contributed by atoms with Gasteiger partial charge in [-0.2, -0.15) is 0 Å². The predicted molar refractivity (Wildman–Crippen MR) is 169 cm³/mol. The minimum Gasteiger partial charge on any atom is -0.383 e. The molecule has 0 aliphatic heterocycles. The van der Waals surface area contributed by atoms with Crippen molar-refractivity contribution in [2.75, 3.05) is 11.1 Å². The molecule has 3 N–H and O–H groups in total. The lowest BCUT2D eigenvalue weighted by atomic mass is 10.1. The molecule has 0 amide bonds. The van der Waals surface area contributed by atoms with Crippen molar-refractivity contribution in [2.24, 2.45) is 0 Å². The summed E-state index contributed by atoms with van der Waals surface area (Å²) in [6.45, 7) is 0. The van der Waals surface area contributed by atoms with Crippen molar-refractivity contribution < 1.29 is 0 Å². The van der Waals surface area contributed by atoms with E-state index >= 15 is 0 Å². The lowest BCUT2D eigenvalue weighted by Crippen LogP contribution is -2.03. The van der Waals surface area contributed by atoms with Gasteiger partial charge in [-0.1, -0.05) is 91.0 Å². The van der Waals surface area contributed by atoms with E-state index in [4.69, 9.17) is 5.73 Å². The summed E-state index contributed by atoms with van der Waals surface area (Å²) >= 11 is 0. The largest absolute Gasteiger partial charge is 0.383 e. The molecule has 4 heteroatoms. The Hall–Kier alpha value is -5.48. The maximum atomic E-state index is 7.04. The van der Waals surface area contributed by atoms with Crippen LogP contribution >= 0.6 is 0 Å². The molecule has 190 valence electrons. The second kappa shape index (κ2) is 8.79. The van der Waals surface area contributed by atoms with Crippen LogP contribution in [0.25, 0.3) is 54.9 Å². The van der Waals surface area contributed by atoms with Crippen LogP contribution in [0.5, 0.6) is 0 Å². The van der Waals surface area contributed by atoms with Gasteiger partial charge in [0.2, 0.25) is 0 Å². The summed E-state index contributed by atoms with van der Waals surface area (Å²) in [6.07, 6.45) is 0. The van der Waals surface area contributed by atoms with E-state index in [1.165, 1.54) is 21.5 Å². The quantitative estimate of drug-likeness (QED) is 0.246. The Labute approximate surface area is 231 Å². The van der Waals surface area contributed by atoms with Crippen LogP contribution < -0.4 is 11.1 Å². The average molecular weight is 515 g/mol. The summed E-state index contributed by atoms with van der Waals surface area (Å²) in [5.41, 5.74) is 14.4. The first kappa shape index (κ1) is 22.5. The van der Waals surface area contributed by atoms with E-state index in [2.05, 4.69) is 130 Å². The number of fused-ring (bicyclic) bond motifs is 6. The number of hydrogen-bond donors (Lipinski definition) is 2. The smallest absolute Gasteiger partial charge is 0.133 e. The van der Waals surface area contributed by atoms with Crippen LogP contribution in [-0.4, -0.2) is 9.13 Å². The fourth-order valence-corrected chi connectivity index (χ4v) is 6.06. The molecule has 0 radical (unpaired) electrons. The van der Waals surface area contributed by atoms with E-state index in [1.54, 1.807) is 0 Å². The van der Waals surface area contributed by atoms with Gasteiger partial charge in [-0.25, -0.2) is 0 Å². The molecule has 0 fully saturated rings. The van der Waals surface area contributed by atoms with Gasteiger partial charge in [-0.05, 0) is 59.3 Å². The molecular weight excluding hydrogens is 488 g/mol. The summed E-state index contributed by atoms with van der Waals surface area (Å²) in [5.74, 6) is 0.674. The SMILES string of the molecule is Nc1c(Nc2ccccc2)c2ccc3c4ccccc4n(-c4ccc5ccccc5c4)c3c2n1-c1ccccc1. The third-order valence-electron chi connectivity index (χ3n) is 7.85. The molecule has 4 nitrogen and oxygen atoms in total. The fraction of sp³-hybridized carbons (Fsp3) is 0. The van der Waals surface area contributed by atoms with Gasteiger partial charge in [0.15, 0.2) is 0 Å². The number of aromatic nitrogens is 2. The van der Waals surface area contributed by atoms with Gasteiger partial charge in [-0.15, -0.1) is 0 Å². The third kappa shape index (κ3) is 3.33. The van der Waals surface area contributed by atoms with E-state index in [1.807, 2.05) is 24.3 Å². The first-order chi connectivity index (χ1) is 19.8. The molecule has 0 saturated carbocycles. The highest BCUT2D eigenvalue weighted by Crippen LogP contribution is 2.44. The third-order valence-corrected chi connectivity index (χ3v) is 7.85. The van der Waals surface area contributed by atoms with Gasteiger partial charge in [0.1, 0.15) is 5.82 Å². The number of hydrogen-bond acceptors (Lipinski definition) is 2. The van der Waals surface area contributed by atoms with Crippen LogP contribution in [0, 0.1) is 0 Å². The normalized spacial score (nSPS) is 11.6. The molecule has 2 heterocycles. The van der Waals surface area contributed by atoms with Crippen LogP contribution in [0.4, 0.5) is 17.2 Å². The van der Waals surface area contributed by atoms with Crippen LogP contribution in [0.3, 0.4) is 0 Å². The molecule has 0 unspecified atom stereocenters. The van der Waals surface area contributed by atoms with Crippen molar-refractivity contribution in [2.45, 2.75) is 0 Å². The zero-order chi connectivity index (χ0) is 26.6. The molecule has 2 aromatic heterocycles. The minimum absolute atomic E-state index is 0.674.